The van der Waals surface area contributed by atoms with Crippen LogP contribution in [-0.2, 0) is 13.0 Å². The highest BCUT2D eigenvalue weighted by Gasteiger charge is 2.18. The molecule has 1 aromatic heterocycles. The zero-order chi connectivity index (χ0) is 14.9. The molecule has 0 fully saturated rings. The second kappa shape index (κ2) is 6.64. The first-order chi connectivity index (χ1) is 9.43. The molecule has 0 spiro atoms. The van der Waals surface area contributed by atoms with Crippen molar-refractivity contribution in [2.75, 3.05) is 0 Å². The van der Waals surface area contributed by atoms with Crippen molar-refractivity contribution < 1.29 is 5.11 Å². The topological polar surface area (TPSA) is 38.0 Å². The Labute approximate surface area is 142 Å². The fraction of sp³-hybridized carbons (Fsp3) is 0.357. The van der Waals surface area contributed by atoms with Crippen LogP contribution in [0.3, 0.4) is 0 Å². The van der Waals surface area contributed by atoms with Gasteiger partial charge in [-0.25, -0.2) is 0 Å². The number of halogens is 3. The van der Waals surface area contributed by atoms with Gasteiger partial charge in [-0.15, -0.1) is 0 Å². The van der Waals surface area contributed by atoms with E-state index >= 15 is 0 Å². The van der Waals surface area contributed by atoms with Gasteiger partial charge in [-0.1, -0.05) is 29.3 Å². The average Bonchev–Trinajstić information content (AvgIpc) is 2.69. The summed E-state index contributed by atoms with van der Waals surface area (Å²) >= 11 is 14.5. The summed E-state index contributed by atoms with van der Waals surface area (Å²) in [6.07, 6.45) is -0.229. The molecule has 3 nitrogen and oxygen atoms in total. The standard InChI is InChI=1S/C14H15Cl2IN2O/c1-3-19-12(14(16)8(2)18-19)7-13(20)9-4-5-11(17)10(15)6-9/h4-6,13,20H,3,7H2,1-2H3. The van der Waals surface area contributed by atoms with E-state index in [1.807, 2.05) is 30.7 Å². The maximum absolute atomic E-state index is 10.4. The molecule has 1 N–H and O–H groups in total. The van der Waals surface area contributed by atoms with Gasteiger partial charge in [0.2, 0.25) is 0 Å². The average molecular weight is 425 g/mol. The van der Waals surface area contributed by atoms with Gasteiger partial charge >= 0.3 is 0 Å². The Bertz CT molecular complexity index is 628. The van der Waals surface area contributed by atoms with E-state index in [0.29, 0.717) is 16.5 Å². The summed E-state index contributed by atoms with van der Waals surface area (Å²) in [6.45, 7) is 4.59. The Morgan fingerprint density at radius 2 is 2.10 bits per heavy atom. The zero-order valence-corrected chi connectivity index (χ0v) is 14.9. The van der Waals surface area contributed by atoms with E-state index in [2.05, 4.69) is 27.7 Å². The highest BCUT2D eigenvalue weighted by atomic mass is 127. The van der Waals surface area contributed by atoms with Gasteiger partial charge in [0.25, 0.3) is 0 Å². The van der Waals surface area contributed by atoms with E-state index in [4.69, 9.17) is 23.2 Å². The Hall–Kier alpha value is -0.300. The maximum Gasteiger partial charge on any atom is 0.0848 e. The van der Waals surface area contributed by atoms with Crippen LogP contribution in [0.1, 0.15) is 30.0 Å². The summed E-state index contributed by atoms with van der Waals surface area (Å²) in [6, 6.07) is 5.57. The molecule has 1 unspecified atom stereocenters. The first-order valence-electron chi connectivity index (χ1n) is 6.28. The lowest BCUT2D eigenvalue weighted by Gasteiger charge is -2.13. The summed E-state index contributed by atoms with van der Waals surface area (Å²) in [5.41, 5.74) is 2.43. The predicted molar refractivity (Wildman–Crippen MR) is 90.5 cm³/mol. The predicted octanol–water partition coefficient (Wildman–Crippen LogP) is 4.40. The quantitative estimate of drug-likeness (QED) is 0.738. The molecule has 0 aliphatic carbocycles. The second-order valence-electron chi connectivity index (χ2n) is 4.56. The van der Waals surface area contributed by atoms with Crippen LogP contribution in [0.5, 0.6) is 0 Å². The van der Waals surface area contributed by atoms with Crippen LogP contribution in [-0.4, -0.2) is 14.9 Å². The third-order valence-corrected chi connectivity index (χ3v) is 5.23. The van der Waals surface area contributed by atoms with Gasteiger partial charge < -0.3 is 5.11 Å². The van der Waals surface area contributed by atoms with Gasteiger partial charge in [0.15, 0.2) is 0 Å². The third-order valence-electron chi connectivity index (χ3n) is 3.17. The molecule has 0 radical (unpaired) electrons. The molecule has 0 aliphatic heterocycles. The van der Waals surface area contributed by atoms with Gasteiger partial charge in [-0.3, -0.25) is 4.68 Å². The highest BCUT2D eigenvalue weighted by molar-refractivity contribution is 14.1. The number of hydrogen-bond donors (Lipinski definition) is 1. The Morgan fingerprint density at radius 1 is 1.40 bits per heavy atom. The fourth-order valence-corrected chi connectivity index (χ4v) is 2.82. The number of benzene rings is 1. The van der Waals surface area contributed by atoms with Gasteiger partial charge in [0, 0.05) is 16.5 Å². The van der Waals surface area contributed by atoms with Crippen LogP contribution in [0.15, 0.2) is 18.2 Å². The van der Waals surface area contributed by atoms with E-state index in [9.17, 15) is 5.11 Å². The van der Waals surface area contributed by atoms with Crippen molar-refractivity contribution in [1.82, 2.24) is 9.78 Å². The van der Waals surface area contributed by atoms with Gasteiger partial charge in [0.1, 0.15) is 0 Å². The van der Waals surface area contributed by atoms with Gasteiger partial charge in [-0.05, 0) is 54.1 Å². The lowest BCUT2D eigenvalue weighted by Crippen LogP contribution is -2.09. The van der Waals surface area contributed by atoms with E-state index in [-0.39, 0.29) is 0 Å². The molecule has 1 heterocycles. The number of aliphatic hydroxyl groups is 1. The normalized spacial score (nSPS) is 12.7. The smallest absolute Gasteiger partial charge is 0.0848 e. The van der Waals surface area contributed by atoms with E-state index in [1.165, 1.54) is 0 Å². The van der Waals surface area contributed by atoms with Crippen LogP contribution >= 0.6 is 45.8 Å². The Morgan fingerprint density at radius 3 is 2.70 bits per heavy atom. The Balaban J connectivity index is 2.27. The molecular weight excluding hydrogens is 410 g/mol. The molecule has 2 aromatic rings. The molecule has 0 amide bonds. The lowest BCUT2D eigenvalue weighted by molar-refractivity contribution is 0.175. The maximum atomic E-state index is 10.4. The van der Waals surface area contributed by atoms with Crippen molar-refractivity contribution in [3.63, 3.8) is 0 Å². The molecule has 0 saturated heterocycles. The SMILES string of the molecule is CCn1nc(C)c(Cl)c1CC(O)c1ccc(I)c(Cl)c1. The monoisotopic (exact) mass is 424 g/mol. The first kappa shape index (κ1) is 16.1. The van der Waals surface area contributed by atoms with Crippen molar-refractivity contribution in [2.45, 2.75) is 32.9 Å². The fourth-order valence-electron chi connectivity index (χ4n) is 2.08. The minimum absolute atomic E-state index is 0.421. The number of aliphatic hydroxyl groups excluding tert-OH is 1. The van der Waals surface area contributed by atoms with Crippen molar-refractivity contribution in [3.05, 3.63) is 48.8 Å². The molecule has 0 saturated carbocycles. The number of aromatic nitrogens is 2. The van der Waals surface area contributed by atoms with E-state index in [0.717, 1.165) is 27.1 Å². The summed E-state index contributed by atoms with van der Waals surface area (Å²) in [5, 5.41) is 16.0. The Kier molecular flexibility index (Phi) is 5.34. The first-order valence-corrected chi connectivity index (χ1v) is 8.12. The van der Waals surface area contributed by atoms with Crippen molar-refractivity contribution in [1.29, 1.82) is 0 Å². The largest absolute Gasteiger partial charge is 0.388 e. The summed E-state index contributed by atoms with van der Waals surface area (Å²) in [4.78, 5) is 0. The molecule has 108 valence electrons. The van der Waals surface area contributed by atoms with Crippen LogP contribution in [0, 0.1) is 10.5 Å². The van der Waals surface area contributed by atoms with E-state index < -0.39 is 6.10 Å². The molecule has 0 bridgehead atoms. The van der Waals surface area contributed by atoms with Crippen LogP contribution in [0.2, 0.25) is 10.0 Å². The number of aryl methyl sites for hydroxylation is 2. The van der Waals surface area contributed by atoms with Crippen LogP contribution < -0.4 is 0 Å². The van der Waals surface area contributed by atoms with Crippen LogP contribution in [0.4, 0.5) is 0 Å². The van der Waals surface area contributed by atoms with Crippen molar-refractivity contribution in [3.8, 4) is 0 Å². The zero-order valence-electron chi connectivity index (χ0n) is 11.2. The number of hydrogen-bond acceptors (Lipinski definition) is 2. The lowest BCUT2D eigenvalue weighted by atomic mass is 10.0. The molecule has 1 atom stereocenters. The summed E-state index contributed by atoms with van der Waals surface area (Å²) in [5.74, 6) is 0. The minimum atomic E-state index is -0.650. The van der Waals surface area contributed by atoms with Gasteiger partial charge in [-0.2, -0.15) is 5.10 Å². The molecule has 0 aliphatic rings. The number of nitrogens with zero attached hydrogens (tertiary/aromatic N) is 2. The second-order valence-corrected chi connectivity index (χ2v) is 6.50. The molecule has 2 rings (SSSR count). The third kappa shape index (κ3) is 3.30. The molecule has 6 heteroatoms. The molecular formula is C14H15Cl2IN2O. The highest BCUT2D eigenvalue weighted by Crippen LogP contribution is 2.28. The summed E-state index contributed by atoms with van der Waals surface area (Å²) < 4.78 is 2.79. The van der Waals surface area contributed by atoms with Crippen LogP contribution in [0.25, 0.3) is 0 Å². The molecule has 20 heavy (non-hydrogen) atoms. The molecule has 1 aromatic carbocycles. The van der Waals surface area contributed by atoms with Crippen molar-refractivity contribution in [2.24, 2.45) is 0 Å². The number of rotatable bonds is 4. The van der Waals surface area contributed by atoms with E-state index in [1.54, 1.807) is 6.07 Å². The summed E-state index contributed by atoms with van der Waals surface area (Å²) in [7, 11) is 0. The minimum Gasteiger partial charge on any atom is -0.388 e. The van der Waals surface area contributed by atoms with Crippen molar-refractivity contribution >= 4 is 45.8 Å². The van der Waals surface area contributed by atoms with Gasteiger partial charge in [0.05, 0.1) is 27.5 Å².